The second-order valence-corrected chi connectivity index (χ2v) is 5.45. The average Bonchev–Trinajstić information content (AvgIpc) is 1.78. The van der Waals surface area contributed by atoms with E-state index in [0.717, 1.165) is 11.5 Å². The predicted octanol–water partition coefficient (Wildman–Crippen LogP) is 1.76. The molecule has 1 aliphatic rings. The van der Waals surface area contributed by atoms with Crippen LogP contribution in [0.2, 0.25) is 0 Å². The molecular weight excluding hydrogens is 188 g/mol. The molecule has 3 nitrogen and oxygen atoms in total. The Kier molecular flexibility index (Phi) is 2.92. The van der Waals surface area contributed by atoms with Gasteiger partial charge in [0.15, 0.2) is 0 Å². The van der Waals surface area contributed by atoms with Crippen LogP contribution in [-0.2, 0) is 9.53 Å². The summed E-state index contributed by atoms with van der Waals surface area (Å²) >= 11 is 1.74. The van der Waals surface area contributed by atoms with Gasteiger partial charge in [-0.15, -0.1) is 0 Å². The predicted molar refractivity (Wildman–Crippen MR) is 53.1 cm³/mol. The molecule has 13 heavy (non-hydrogen) atoms. The molecule has 0 unspecified atom stereocenters. The summed E-state index contributed by atoms with van der Waals surface area (Å²) in [5.41, 5.74) is -0.662. The third-order valence-electron chi connectivity index (χ3n) is 1.73. The number of ether oxygens (including phenoxy) is 1. The topological polar surface area (TPSA) is 46.5 Å². The van der Waals surface area contributed by atoms with Crippen molar-refractivity contribution in [2.75, 3.05) is 11.5 Å². The molecule has 0 bridgehead atoms. The van der Waals surface area contributed by atoms with E-state index in [9.17, 15) is 4.79 Å². The summed E-state index contributed by atoms with van der Waals surface area (Å²) in [7, 11) is 0. The van der Waals surface area contributed by atoms with Crippen molar-refractivity contribution >= 4 is 17.7 Å². The van der Waals surface area contributed by atoms with Crippen LogP contribution in [0.1, 0.15) is 27.2 Å². The quantitative estimate of drug-likeness (QED) is 0.761. The number of aliphatic carboxylic acids is 1. The van der Waals surface area contributed by atoms with Gasteiger partial charge >= 0.3 is 5.97 Å². The molecule has 0 amide bonds. The summed E-state index contributed by atoms with van der Waals surface area (Å²) in [5, 5.41) is 8.72. The molecule has 1 saturated heterocycles. The second kappa shape index (κ2) is 3.50. The molecule has 76 valence electrons. The first-order chi connectivity index (χ1) is 5.83. The molecule has 0 atom stereocenters. The van der Waals surface area contributed by atoms with E-state index >= 15 is 0 Å². The number of carboxylic acid groups (broad SMARTS) is 1. The van der Waals surface area contributed by atoms with Crippen molar-refractivity contribution in [2.45, 2.75) is 38.4 Å². The number of thioether (sulfide) groups is 1. The van der Waals surface area contributed by atoms with E-state index in [1.54, 1.807) is 11.8 Å². The van der Waals surface area contributed by atoms with Crippen molar-refractivity contribution in [2.24, 2.45) is 0 Å². The van der Waals surface area contributed by atoms with Crippen LogP contribution in [-0.4, -0.2) is 33.8 Å². The van der Waals surface area contributed by atoms with E-state index in [4.69, 9.17) is 9.84 Å². The molecule has 1 fully saturated rings. The average molecular weight is 204 g/mol. The molecular formula is C9H16O3S. The molecule has 1 rings (SSSR count). The van der Waals surface area contributed by atoms with Gasteiger partial charge in [-0.1, -0.05) is 0 Å². The number of hydrogen-bond donors (Lipinski definition) is 1. The van der Waals surface area contributed by atoms with Gasteiger partial charge in [-0.25, -0.2) is 0 Å². The Morgan fingerprint density at radius 2 is 2.08 bits per heavy atom. The van der Waals surface area contributed by atoms with Crippen LogP contribution in [0.5, 0.6) is 0 Å². The summed E-state index contributed by atoms with van der Waals surface area (Å²) < 4.78 is 5.77. The fourth-order valence-corrected chi connectivity index (χ4v) is 2.43. The Bertz CT molecular complexity index is 203. The summed E-state index contributed by atoms with van der Waals surface area (Å²) in [5.74, 6) is 0.831. The smallest absolute Gasteiger partial charge is 0.306 e. The highest BCUT2D eigenvalue weighted by Gasteiger charge is 2.43. The molecule has 4 heteroatoms. The van der Waals surface area contributed by atoms with Crippen LogP contribution in [0.4, 0.5) is 0 Å². The van der Waals surface area contributed by atoms with Crippen molar-refractivity contribution in [3.05, 3.63) is 0 Å². The molecule has 1 aliphatic heterocycles. The zero-order valence-corrected chi connectivity index (χ0v) is 9.11. The number of carboxylic acids is 1. The maximum atomic E-state index is 10.6. The fraction of sp³-hybridized carbons (Fsp3) is 0.889. The zero-order chi connectivity index (χ0) is 10.1. The summed E-state index contributed by atoms with van der Waals surface area (Å²) in [6.45, 7) is 5.87. The molecule has 1 N–H and O–H groups in total. The molecule has 0 aromatic rings. The third-order valence-corrected chi connectivity index (χ3v) is 3.19. The molecule has 0 aliphatic carbocycles. The van der Waals surface area contributed by atoms with E-state index in [1.807, 2.05) is 20.8 Å². The maximum absolute atomic E-state index is 10.6. The Labute approximate surface area is 82.8 Å². The summed E-state index contributed by atoms with van der Waals surface area (Å²) in [6, 6.07) is 0. The van der Waals surface area contributed by atoms with Crippen molar-refractivity contribution in [1.82, 2.24) is 0 Å². The lowest BCUT2D eigenvalue weighted by molar-refractivity contribution is -0.153. The van der Waals surface area contributed by atoms with Gasteiger partial charge in [0.1, 0.15) is 0 Å². The maximum Gasteiger partial charge on any atom is 0.306 e. The molecule has 0 saturated carbocycles. The second-order valence-electron chi connectivity index (χ2n) is 4.46. The first-order valence-electron chi connectivity index (χ1n) is 4.33. The largest absolute Gasteiger partial charge is 0.481 e. The van der Waals surface area contributed by atoms with Crippen LogP contribution in [0.3, 0.4) is 0 Å². The molecule has 0 spiro atoms. The molecule has 0 aromatic carbocycles. The number of carbonyl (C=O) groups is 1. The van der Waals surface area contributed by atoms with E-state index in [1.165, 1.54) is 0 Å². The van der Waals surface area contributed by atoms with E-state index in [-0.39, 0.29) is 12.0 Å². The minimum atomic E-state index is -0.774. The van der Waals surface area contributed by atoms with Crippen molar-refractivity contribution in [1.29, 1.82) is 0 Å². The van der Waals surface area contributed by atoms with Crippen LogP contribution in [0.15, 0.2) is 0 Å². The van der Waals surface area contributed by atoms with Gasteiger partial charge in [-0.2, -0.15) is 11.8 Å². The van der Waals surface area contributed by atoms with Gasteiger partial charge in [0.05, 0.1) is 17.6 Å². The van der Waals surface area contributed by atoms with E-state index < -0.39 is 11.6 Å². The van der Waals surface area contributed by atoms with Crippen LogP contribution >= 0.6 is 11.8 Å². The number of rotatable bonds is 3. The molecule has 0 aromatic heterocycles. The highest BCUT2D eigenvalue weighted by Crippen LogP contribution is 2.38. The summed E-state index contributed by atoms with van der Waals surface area (Å²) in [6.07, 6.45) is 0.122. The third kappa shape index (κ3) is 3.19. The van der Waals surface area contributed by atoms with Crippen LogP contribution < -0.4 is 0 Å². The van der Waals surface area contributed by atoms with Gasteiger partial charge in [0.2, 0.25) is 0 Å². The first-order valence-corrected chi connectivity index (χ1v) is 5.48. The van der Waals surface area contributed by atoms with Crippen LogP contribution in [0, 0.1) is 0 Å². The standard InChI is InChI=1S/C9H16O3S/c1-8(2,3)12-9(4-7(10)11)5-13-6-9/h4-6H2,1-3H3,(H,10,11). The lowest BCUT2D eigenvalue weighted by atomic mass is 10.0. The van der Waals surface area contributed by atoms with Crippen molar-refractivity contribution in [3.63, 3.8) is 0 Å². The Morgan fingerprint density at radius 1 is 1.54 bits per heavy atom. The Balaban J connectivity index is 2.55. The van der Waals surface area contributed by atoms with Crippen molar-refractivity contribution in [3.8, 4) is 0 Å². The SMILES string of the molecule is CC(C)(C)OC1(CC(=O)O)CSC1. The Morgan fingerprint density at radius 3 is 2.31 bits per heavy atom. The monoisotopic (exact) mass is 204 g/mol. The lowest BCUT2D eigenvalue weighted by Crippen LogP contribution is -2.51. The van der Waals surface area contributed by atoms with E-state index in [2.05, 4.69) is 0 Å². The minimum Gasteiger partial charge on any atom is -0.481 e. The minimum absolute atomic E-state index is 0.122. The van der Waals surface area contributed by atoms with Gasteiger partial charge in [-0.05, 0) is 20.8 Å². The summed E-state index contributed by atoms with van der Waals surface area (Å²) in [4.78, 5) is 10.6. The van der Waals surface area contributed by atoms with Gasteiger partial charge in [-0.3, -0.25) is 4.79 Å². The lowest BCUT2D eigenvalue weighted by Gasteiger charge is -2.44. The van der Waals surface area contributed by atoms with Gasteiger partial charge in [0.25, 0.3) is 0 Å². The molecule has 1 heterocycles. The zero-order valence-electron chi connectivity index (χ0n) is 8.29. The highest BCUT2D eigenvalue weighted by molar-refractivity contribution is 8.00. The van der Waals surface area contributed by atoms with Gasteiger partial charge < -0.3 is 9.84 Å². The van der Waals surface area contributed by atoms with Crippen LogP contribution in [0.25, 0.3) is 0 Å². The Hall–Kier alpha value is -0.220. The van der Waals surface area contributed by atoms with Crippen molar-refractivity contribution < 1.29 is 14.6 Å². The normalized spacial score (nSPS) is 20.8. The van der Waals surface area contributed by atoms with E-state index in [0.29, 0.717) is 0 Å². The van der Waals surface area contributed by atoms with Gasteiger partial charge in [0, 0.05) is 11.5 Å². The molecule has 0 radical (unpaired) electrons. The first kappa shape index (κ1) is 10.9. The number of hydrogen-bond acceptors (Lipinski definition) is 3. The fourth-order valence-electron chi connectivity index (χ4n) is 1.45. The highest BCUT2D eigenvalue weighted by atomic mass is 32.2.